The topological polar surface area (TPSA) is 58.5 Å². The Hall–Kier alpha value is -2.63. The van der Waals surface area contributed by atoms with Crippen molar-refractivity contribution in [2.24, 2.45) is 4.99 Å². The van der Waals surface area contributed by atoms with Gasteiger partial charge in [0.25, 0.3) is 0 Å². The number of aromatic nitrogens is 1. The number of benzene rings is 1. The van der Waals surface area contributed by atoms with Gasteiger partial charge in [0, 0.05) is 37.8 Å². The van der Waals surface area contributed by atoms with Gasteiger partial charge in [-0.05, 0) is 36.1 Å². The highest BCUT2D eigenvalue weighted by Gasteiger charge is 2.45. The van der Waals surface area contributed by atoms with Gasteiger partial charge in [0.05, 0.1) is 7.11 Å². The van der Waals surface area contributed by atoms with Crippen molar-refractivity contribution in [3.8, 4) is 5.88 Å². The van der Waals surface area contributed by atoms with Crippen molar-refractivity contribution in [3.63, 3.8) is 0 Å². The first-order valence-corrected chi connectivity index (χ1v) is 8.35. The molecule has 0 aliphatic heterocycles. The van der Waals surface area contributed by atoms with Crippen molar-refractivity contribution >= 4 is 5.96 Å². The Bertz CT molecular complexity index is 759. The van der Waals surface area contributed by atoms with Gasteiger partial charge in [0.15, 0.2) is 5.96 Å². The molecule has 1 aromatic carbocycles. The summed E-state index contributed by atoms with van der Waals surface area (Å²) in [5.74, 6) is 1.14. The van der Waals surface area contributed by atoms with Gasteiger partial charge >= 0.3 is 0 Å². The van der Waals surface area contributed by atoms with E-state index in [9.17, 15) is 4.39 Å². The van der Waals surface area contributed by atoms with Crippen LogP contribution in [0, 0.1) is 5.82 Å². The Kier molecular flexibility index (Phi) is 5.16. The van der Waals surface area contributed by atoms with E-state index in [1.165, 1.54) is 6.07 Å². The third kappa shape index (κ3) is 4.07. The van der Waals surface area contributed by atoms with Crippen molar-refractivity contribution in [3.05, 3.63) is 59.5 Å². The Balaban J connectivity index is 1.57. The van der Waals surface area contributed by atoms with Gasteiger partial charge in [-0.15, -0.1) is 0 Å². The molecule has 5 nitrogen and oxygen atoms in total. The smallest absolute Gasteiger partial charge is 0.213 e. The number of hydrogen-bond donors (Lipinski definition) is 2. The van der Waals surface area contributed by atoms with Gasteiger partial charge < -0.3 is 15.4 Å². The number of guanidine groups is 1. The van der Waals surface area contributed by atoms with Gasteiger partial charge in [-0.25, -0.2) is 9.37 Å². The van der Waals surface area contributed by atoms with Gasteiger partial charge in [0.1, 0.15) is 5.82 Å². The Morgan fingerprint density at radius 1 is 1.28 bits per heavy atom. The van der Waals surface area contributed by atoms with Crippen LogP contribution in [0.5, 0.6) is 5.88 Å². The standard InChI is InChI=1S/C19H23FN4O/c1-21-18(23-12-14-7-10-22-17(11-14)25-2)24-13-19(8-9-19)15-5-3-4-6-16(15)20/h3-7,10-11H,8-9,12-13H2,1-2H3,(H2,21,23,24). The minimum atomic E-state index is -0.131. The second-order valence-corrected chi connectivity index (χ2v) is 6.25. The van der Waals surface area contributed by atoms with Crippen LogP contribution in [0.3, 0.4) is 0 Å². The van der Waals surface area contributed by atoms with E-state index in [2.05, 4.69) is 20.6 Å². The number of ether oxygens (including phenoxy) is 1. The molecule has 0 unspecified atom stereocenters. The predicted octanol–water partition coefficient (Wildman–Crippen LogP) is 2.63. The maximum absolute atomic E-state index is 14.1. The molecular weight excluding hydrogens is 319 g/mol. The summed E-state index contributed by atoms with van der Waals surface area (Å²) < 4.78 is 19.2. The van der Waals surface area contributed by atoms with E-state index in [1.54, 1.807) is 26.4 Å². The zero-order chi connectivity index (χ0) is 17.7. The lowest BCUT2D eigenvalue weighted by atomic mass is 9.95. The van der Waals surface area contributed by atoms with Crippen molar-refractivity contribution in [1.82, 2.24) is 15.6 Å². The lowest BCUT2D eigenvalue weighted by molar-refractivity contribution is 0.397. The van der Waals surface area contributed by atoms with Crippen LogP contribution in [0.2, 0.25) is 0 Å². The van der Waals surface area contributed by atoms with E-state index in [1.807, 2.05) is 24.3 Å². The van der Waals surface area contributed by atoms with E-state index in [0.29, 0.717) is 24.9 Å². The molecule has 25 heavy (non-hydrogen) atoms. The number of halogens is 1. The number of pyridine rings is 1. The second-order valence-electron chi connectivity index (χ2n) is 6.25. The molecule has 0 saturated heterocycles. The van der Waals surface area contributed by atoms with E-state index in [0.717, 1.165) is 24.0 Å². The average Bonchev–Trinajstić information content (AvgIpc) is 3.43. The SMILES string of the molecule is CN=C(NCc1ccnc(OC)c1)NCC1(c2ccccc2F)CC1. The molecule has 3 rings (SSSR count). The van der Waals surface area contributed by atoms with Crippen LogP contribution in [-0.2, 0) is 12.0 Å². The minimum absolute atomic E-state index is 0.122. The molecule has 0 amide bonds. The third-order valence-corrected chi connectivity index (χ3v) is 4.58. The summed E-state index contributed by atoms with van der Waals surface area (Å²) in [6.07, 6.45) is 3.68. The van der Waals surface area contributed by atoms with Crippen molar-refractivity contribution in [1.29, 1.82) is 0 Å². The number of methoxy groups -OCH3 is 1. The highest BCUT2D eigenvalue weighted by molar-refractivity contribution is 5.79. The molecule has 1 fully saturated rings. The zero-order valence-electron chi connectivity index (χ0n) is 14.6. The summed E-state index contributed by atoms with van der Waals surface area (Å²) >= 11 is 0. The van der Waals surface area contributed by atoms with Gasteiger partial charge in [-0.1, -0.05) is 18.2 Å². The molecule has 2 aromatic rings. The number of rotatable bonds is 6. The summed E-state index contributed by atoms with van der Waals surface area (Å²) in [7, 11) is 3.32. The molecule has 1 aromatic heterocycles. The minimum Gasteiger partial charge on any atom is -0.481 e. The Morgan fingerprint density at radius 2 is 2.08 bits per heavy atom. The molecule has 1 heterocycles. The van der Waals surface area contributed by atoms with Crippen LogP contribution in [-0.4, -0.2) is 31.6 Å². The Labute approximate surface area is 147 Å². The molecule has 1 aliphatic carbocycles. The third-order valence-electron chi connectivity index (χ3n) is 4.58. The van der Waals surface area contributed by atoms with Crippen LogP contribution in [0.15, 0.2) is 47.6 Å². The van der Waals surface area contributed by atoms with Crippen molar-refractivity contribution in [2.45, 2.75) is 24.8 Å². The molecule has 0 bridgehead atoms. The monoisotopic (exact) mass is 342 g/mol. The first-order chi connectivity index (χ1) is 12.2. The van der Waals surface area contributed by atoms with E-state index < -0.39 is 0 Å². The van der Waals surface area contributed by atoms with Crippen molar-refractivity contribution in [2.75, 3.05) is 20.7 Å². The number of aliphatic imine (C=N–C) groups is 1. The van der Waals surface area contributed by atoms with Crippen LogP contribution < -0.4 is 15.4 Å². The summed E-state index contributed by atoms with van der Waals surface area (Å²) in [4.78, 5) is 8.34. The molecule has 1 saturated carbocycles. The number of nitrogens with one attached hydrogen (secondary N) is 2. The maximum atomic E-state index is 14.1. The molecule has 0 atom stereocenters. The van der Waals surface area contributed by atoms with Crippen LogP contribution in [0.4, 0.5) is 4.39 Å². The molecule has 0 radical (unpaired) electrons. The zero-order valence-corrected chi connectivity index (χ0v) is 14.6. The largest absolute Gasteiger partial charge is 0.481 e. The first-order valence-electron chi connectivity index (χ1n) is 8.35. The predicted molar refractivity (Wildman–Crippen MR) is 96.3 cm³/mol. The molecule has 2 N–H and O–H groups in total. The molecule has 132 valence electrons. The van der Waals surface area contributed by atoms with E-state index in [4.69, 9.17) is 4.74 Å². The quantitative estimate of drug-likeness (QED) is 0.626. The van der Waals surface area contributed by atoms with Crippen LogP contribution in [0.1, 0.15) is 24.0 Å². The maximum Gasteiger partial charge on any atom is 0.213 e. The first kappa shape index (κ1) is 17.2. The molecule has 0 spiro atoms. The summed E-state index contributed by atoms with van der Waals surface area (Å²) in [6.45, 7) is 1.26. The normalized spacial score (nSPS) is 15.6. The molecular formula is C19H23FN4O. The summed E-state index contributed by atoms with van der Waals surface area (Å²) in [5.41, 5.74) is 1.71. The van der Waals surface area contributed by atoms with E-state index >= 15 is 0 Å². The van der Waals surface area contributed by atoms with Crippen LogP contribution >= 0.6 is 0 Å². The Morgan fingerprint density at radius 3 is 2.76 bits per heavy atom. The molecule has 1 aliphatic rings. The highest BCUT2D eigenvalue weighted by Crippen LogP contribution is 2.48. The summed E-state index contributed by atoms with van der Waals surface area (Å²) in [5, 5.41) is 6.59. The number of hydrogen-bond acceptors (Lipinski definition) is 3. The molecule has 6 heteroatoms. The van der Waals surface area contributed by atoms with Gasteiger partial charge in [0.2, 0.25) is 5.88 Å². The fourth-order valence-corrected chi connectivity index (χ4v) is 2.91. The fourth-order valence-electron chi connectivity index (χ4n) is 2.91. The fraction of sp³-hybridized carbons (Fsp3) is 0.368. The second kappa shape index (κ2) is 7.51. The highest BCUT2D eigenvalue weighted by atomic mass is 19.1. The van der Waals surface area contributed by atoms with Gasteiger partial charge in [-0.2, -0.15) is 0 Å². The summed E-state index contributed by atoms with van der Waals surface area (Å²) in [6, 6.07) is 10.8. The van der Waals surface area contributed by atoms with E-state index in [-0.39, 0.29) is 11.2 Å². The van der Waals surface area contributed by atoms with Crippen LogP contribution in [0.25, 0.3) is 0 Å². The average molecular weight is 342 g/mol. The number of nitrogens with zero attached hydrogens (tertiary/aromatic N) is 2. The van der Waals surface area contributed by atoms with Gasteiger partial charge in [-0.3, -0.25) is 4.99 Å². The lowest BCUT2D eigenvalue weighted by Gasteiger charge is -2.19. The van der Waals surface area contributed by atoms with Crippen molar-refractivity contribution < 1.29 is 9.13 Å². The lowest BCUT2D eigenvalue weighted by Crippen LogP contribution is -2.41.